The molecule has 3 aliphatic rings. The summed E-state index contributed by atoms with van der Waals surface area (Å²) in [5.74, 6) is 0.982. The average molecular weight is 241 g/mol. The van der Waals surface area contributed by atoms with Gasteiger partial charge in [-0.2, -0.15) is 0 Å². The number of imide groups is 1. The van der Waals surface area contributed by atoms with E-state index >= 15 is 0 Å². The fourth-order valence-corrected chi connectivity index (χ4v) is 4.24. The Balaban J connectivity index is 1.76. The summed E-state index contributed by atoms with van der Waals surface area (Å²) in [5.41, 5.74) is 0.737. The molecule has 3 fully saturated rings. The number of benzene rings is 1. The van der Waals surface area contributed by atoms with Crippen LogP contribution in [0.5, 0.6) is 0 Å². The first-order valence-electron chi connectivity index (χ1n) is 6.70. The topological polar surface area (TPSA) is 37.4 Å². The molecule has 1 aliphatic heterocycles. The molecule has 4 atom stereocenters. The first-order chi connectivity index (χ1) is 8.77. The molecule has 1 saturated heterocycles. The standard InChI is InChI=1S/C15H15NO2/c17-14-12-9-6-7-10(8-9)13(12)15(18)16(14)11-4-2-1-3-5-11/h1-5,9-10,12-13H,6-8H2/t9-,10-,12-,13+/m1/s1. The number of anilines is 1. The highest BCUT2D eigenvalue weighted by molar-refractivity contribution is 6.22. The Hall–Kier alpha value is -1.64. The molecule has 3 heteroatoms. The summed E-state index contributed by atoms with van der Waals surface area (Å²) >= 11 is 0. The Kier molecular flexibility index (Phi) is 1.97. The van der Waals surface area contributed by atoms with Gasteiger partial charge < -0.3 is 0 Å². The van der Waals surface area contributed by atoms with Crippen LogP contribution >= 0.6 is 0 Å². The molecule has 2 aliphatic carbocycles. The van der Waals surface area contributed by atoms with Crippen molar-refractivity contribution in [1.82, 2.24) is 0 Å². The van der Waals surface area contributed by atoms with E-state index in [1.54, 1.807) is 0 Å². The van der Waals surface area contributed by atoms with Gasteiger partial charge in [0.2, 0.25) is 11.8 Å². The second-order valence-electron chi connectivity index (χ2n) is 5.73. The summed E-state index contributed by atoms with van der Waals surface area (Å²) in [6, 6.07) is 9.34. The maximum Gasteiger partial charge on any atom is 0.237 e. The van der Waals surface area contributed by atoms with Crippen molar-refractivity contribution in [2.75, 3.05) is 4.90 Å². The van der Waals surface area contributed by atoms with Gasteiger partial charge in [-0.05, 0) is 43.2 Å². The van der Waals surface area contributed by atoms with E-state index < -0.39 is 0 Å². The van der Waals surface area contributed by atoms with Crippen LogP contribution in [-0.4, -0.2) is 11.8 Å². The number of carbonyl (C=O) groups excluding carboxylic acids is 2. The third kappa shape index (κ3) is 1.14. The van der Waals surface area contributed by atoms with Gasteiger partial charge in [0.15, 0.2) is 0 Å². The second-order valence-corrected chi connectivity index (χ2v) is 5.73. The number of carbonyl (C=O) groups is 2. The van der Waals surface area contributed by atoms with Crippen LogP contribution in [0.15, 0.2) is 30.3 Å². The van der Waals surface area contributed by atoms with Crippen molar-refractivity contribution in [1.29, 1.82) is 0 Å². The minimum absolute atomic E-state index is 0.0172. The van der Waals surface area contributed by atoms with Gasteiger partial charge in [0.25, 0.3) is 0 Å². The molecule has 18 heavy (non-hydrogen) atoms. The largest absolute Gasteiger partial charge is 0.274 e. The molecule has 0 spiro atoms. The molecule has 0 unspecified atom stereocenters. The molecule has 2 amide bonds. The number of para-hydroxylation sites is 1. The van der Waals surface area contributed by atoms with Gasteiger partial charge >= 0.3 is 0 Å². The highest BCUT2D eigenvalue weighted by Crippen LogP contribution is 2.56. The fourth-order valence-electron chi connectivity index (χ4n) is 4.24. The molecule has 0 radical (unpaired) electrons. The molecule has 0 N–H and O–H groups in total. The fraction of sp³-hybridized carbons (Fsp3) is 0.467. The lowest BCUT2D eigenvalue weighted by molar-refractivity contribution is -0.123. The minimum atomic E-state index is -0.0172. The minimum Gasteiger partial charge on any atom is -0.274 e. The van der Waals surface area contributed by atoms with Crippen LogP contribution in [0.25, 0.3) is 0 Å². The summed E-state index contributed by atoms with van der Waals surface area (Å²) in [4.78, 5) is 26.4. The van der Waals surface area contributed by atoms with Crippen molar-refractivity contribution < 1.29 is 9.59 Å². The summed E-state index contributed by atoms with van der Waals surface area (Å²) in [6.07, 6.45) is 3.36. The quantitative estimate of drug-likeness (QED) is 0.707. The van der Waals surface area contributed by atoms with Crippen LogP contribution in [0.3, 0.4) is 0 Å². The Morgan fingerprint density at radius 3 is 2.00 bits per heavy atom. The van der Waals surface area contributed by atoms with Gasteiger partial charge in [0, 0.05) is 0 Å². The van der Waals surface area contributed by atoms with Crippen molar-refractivity contribution in [3.05, 3.63) is 30.3 Å². The van der Waals surface area contributed by atoms with E-state index in [0.717, 1.165) is 24.9 Å². The van der Waals surface area contributed by atoms with Crippen LogP contribution in [0.1, 0.15) is 19.3 Å². The third-order valence-corrected chi connectivity index (χ3v) is 4.94. The number of hydrogen-bond donors (Lipinski definition) is 0. The Morgan fingerprint density at radius 1 is 0.889 bits per heavy atom. The number of rotatable bonds is 1. The lowest BCUT2D eigenvalue weighted by Crippen LogP contribution is -2.32. The maximum absolute atomic E-state index is 12.5. The highest BCUT2D eigenvalue weighted by atomic mass is 16.2. The molecule has 1 aromatic rings. The van der Waals surface area contributed by atoms with E-state index in [-0.39, 0.29) is 23.7 Å². The Bertz CT molecular complexity index is 497. The van der Waals surface area contributed by atoms with Gasteiger partial charge in [0.05, 0.1) is 17.5 Å². The van der Waals surface area contributed by atoms with E-state index in [0.29, 0.717) is 11.8 Å². The van der Waals surface area contributed by atoms with E-state index in [9.17, 15) is 9.59 Å². The summed E-state index contributed by atoms with van der Waals surface area (Å²) in [5, 5.41) is 0. The first-order valence-corrected chi connectivity index (χ1v) is 6.70. The van der Waals surface area contributed by atoms with Crippen molar-refractivity contribution >= 4 is 17.5 Å². The molecule has 2 saturated carbocycles. The normalized spacial score (nSPS) is 37.4. The zero-order valence-corrected chi connectivity index (χ0v) is 10.1. The van der Waals surface area contributed by atoms with Crippen molar-refractivity contribution in [2.45, 2.75) is 19.3 Å². The number of fused-ring (bicyclic) bond motifs is 5. The molecule has 2 bridgehead atoms. The van der Waals surface area contributed by atoms with Crippen molar-refractivity contribution in [3.63, 3.8) is 0 Å². The molecular weight excluding hydrogens is 226 g/mol. The molecule has 1 heterocycles. The lowest BCUT2D eigenvalue weighted by Gasteiger charge is -2.19. The second kappa shape index (κ2) is 3.44. The Labute approximate surface area is 106 Å². The number of amides is 2. The van der Waals surface area contributed by atoms with Gasteiger partial charge in [-0.25, -0.2) is 0 Å². The highest BCUT2D eigenvalue weighted by Gasteiger charge is 2.61. The van der Waals surface area contributed by atoms with Crippen LogP contribution in [0.4, 0.5) is 5.69 Å². The van der Waals surface area contributed by atoms with E-state index in [1.807, 2.05) is 30.3 Å². The molecule has 1 aromatic carbocycles. The zero-order valence-electron chi connectivity index (χ0n) is 10.1. The third-order valence-electron chi connectivity index (χ3n) is 4.94. The van der Waals surface area contributed by atoms with Gasteiger partial charge in [-0.3, -0.25) is 14.5 Å². The number of nitrogens with zero attached hydrogens (tertiary/aromatic N) is 1. The van der Waals surface area contributed by atoms with Gasteiger partial charge in [-0.15, -0.1) is 0 Å². The van der Waals surface area contributed by atoms with E-state index in [4.69, 9.17) is 0 Å². The predicted molar refractivity (Wildman–Crippen MR) is 66.7 cm³/mol. The SMILES string of the molecule is O=C1[C@@H]2[C@@H]3CC[C@H](C3)[C@@H]2C(=O)N1c1ccccc1. The molecule has 92 valence electrons. The summed E-state index contributed by atoms with van der Waals surface area (Å²) < 4.78 is 0. The van der Waals surface area contributed by atoms with Crippen LogP contribution in [0, 0.1) is 23.7 Å². The lowest BCUT2D eigenvalue weighted by atomic mass is 9.81. The summed E-state index contributed by atoms with van der Waals surface area (Å²) in [6.45, 7) is 0. The van der Waals surface area contributed by atoms with Crippen molar-refractivity contribution in [2.24, 2.45) is 23.7 Å². The molecule has 0 aromatic heterocycles. The molecule has 3 nitrogen and oxygen atoms in total. The molecular formula is C15H15NO2. The summed E-state index contributed by atoms with van der Waals surface area (Å²) in [7, 11) is 0. The van der Waals surface area contributed by atoms with Crippen LogP contribution in [-0.2, 0) is 9.59 Å². The van der Waals surface area contributed by atoms with Crippen LogP contribution < -0.4 is 4.90 Å². The van der Waals surface area contributed by atoms with E-state index in [2.05, 4.69) is 0 Å². The van der Waals surface area contributed by atoms with E-state index in [1.165, 1.54) is 4.90 Å². The zero-order chi connectivity index (χ0) is 12.3. The van der Waals surface area contributed by atoms with Crippen LogP contribution in [0.2, 0.25) is 0 Å². The van der Waals surface area contributed by atoms with Crippen molar-refractivity contribution in [3.8, 4) is 0 Å². The first kappa shape index (κ1) is 10.3. The smallest absolute Gasteiger partial charge is 0.237 e. The Morgan fingerprint density at radius 2 is 1.44 bits per heavy atom. The van der Waals surface area contributed by atoms with Gasteiger partial charge in [0.1, 0.15) is 0 Å². The maximum atomic E-state index is 12.5. The average Bonchev–Trinajstić information content (AvgIpc) is 3.05. The number of hydrogen-bond acceptors (Lipinski definition) is 2. The predicted octanol–water partition coefficient (Wildman–Crippen LogP) is 2.22. The van der Waals surface area contributed by atoms with Gasteiger partial charge in [-0.1, -0.05) is 18.2 Å². The molecule has 4 rings (SSSR count). The monoisotopic (exact) mass is 241 g/mol.